The zero-order chi connectivity index (χ0) is 28.6. The number of rotatable bonds is 20. The minimum absolute atomic E-state index is 0.260. The standard InChI is InChI=1S/C28H54N2O8/c1-5-6-7-8-9-10-11-12-13-16-19-37-27-23(33)21(31)22(32)24(38-27)25(34)29-18-15-14-17-20(26(35)36)30-28(2,3)4/h20-24,27,30-33H,5-19H2,1-4H3,(H,29,34)(H,35,36)/t20?,21-,22-,23+,24-,27?/m0/s1. The van der Waals surface area contributed by atoms with Gasteiger partial charge in [0.25, 0.3) is 5.91 Å². The summed E-state index contributed by atoms with van der Waals surface area (Å²) < 4.78 is 11.1. The number of hydrogen-bond donors (Lipinski definition) is 6. The summed E-state index contributed by atoms with van der Waals surface area (Å²) in [7, 11) is 0. The van der Waals surface area contributed by atoms with Crippen molar-refractivity contribution in [3.05, 3.63) is 0 Å². The number of unbranched alkanes of at least 4 members (excludes halogenated alkanes) is 10. The molecule has 0 aromatic carbocycles. The molecule has 38 heavy (non-hydrogen) atoms. The number of nitrogens with one attached hydrogen (secondary N) is 2. The lowest BCUT2D eigenvalue weighted by atomic mass is 9.98. The summed E-state index contributed by atoms with van der Waals surface area (Å²) in [6.07, 6.45) is 6.08. The molecule has 1 saturated heterocycles. The maximum absolute atomic E-state index is 12.6. The predicted molar refractivity (Wildman–Crippen MR) is 146 cm³/mol. The van der Waals surface area contributed by atoms with Gasteiger partial charge in [0.05, 0.1) is 0 Å². The SMILES string of the molecule is CCCCCCCCCCCCOC1O[C@H](C(=O)NCCCCC(NC(C)(C)C)C(=O)O)[C@@H](O)[C@H](O)[C@H]1O. The first-order valence-corrected chi connectivity index (χ1v) is 14.6. The maximum Gasteiger partial charge on any atom is 0.320 e. The highest BCUT2D eigenvalue weighted by Gasteiger charge is 2.47. The molecule has 1 heterocycles. The topological polar surface area (TPSA) is 158 Å². The van der Waals surface area contributed by atoms with Crippen molar-refractivity contribution >= 4 is 11.9 Å². The van der Waals surface area contributed by atoms with Gasteiger partial charge in [-0.1, -0.05) is 64.7 Å². The molecule has 0 bridgehead atoms. The van der Waals surface area contributed by atoms with E-state index in [1.165, 1.54) is 44.9 Å². The summed E-state index contributed by atoms with van der Waals surface area (Å²) in [6, 6.07) is -0.681. The molecule has 1 rings (SSSR count). The molecule has 10 nitrogen and oxygen atoms in total. The molecule has 1 amide bonds. The van der Waals surface area contributed by atoms with Crippen LogP contribution in [0, 0.1) is 0 Å². The van der Waals surface area contributed by atoms with E-state index in [0.717, 1.165) is 19.3 Å². The first-order valence-electron chi connectivity index (χ1n) is 14.6. The number of aliphatic hydroxyl groups excluding tert-OH is 3. The Morgan fingerprint density at radius 1 is 0.842 bits per heavy atom. The zero-order valence-electron chi connectivity index (χ0n) is 24.0. The number of carbonyl (C=O) groups excluding carboxylic acids is 1. The molecule has 0 radical (unpaired) electrons. The molecule has 0 spiro atoms. The highest BCUT2D eigenvalue weighted by Crippen LogP contribution is 2.23. The molecule has 0 aromatic heterocycles. The van der Waals surface area contributed by atoms with Gasteiger partial charge < -0.3 is 35.2 Å². The lowest BCUT2D eigenvalue weighted by Crippen LogP contribution is -2.62. The van der Waals surface area contributed by atoms with Gasteiger partial charge in [0.2, 0.25) is 0 Å². The molecule has 0 aliphatic carbocycles. The van der Waals surface area contributed by atoms with Crippen molar-refractivity contribution in [3.63, 3.8) is 0 Å². The third-order valence-electron chi connectivity index (χ3n) is 6.73. The molecule has 1 aliphatic rings. The van der Waals surface area contributed by atoms with Crippen LogP contribution in [0.3, 0.4) is 0 Å². The predicted octanol–water partition coefficient (Wildman–Crippen LogP) is 2.86. The number of carbonyl (C=O) groups is 2. The van der Waals surface area contributed by atoms with E-state index in [1.807, 2.05) is 20.8 Å². The second kappa shape index (κ2) is 18.9. The molecular weight excluding hydrogens is 492 g/mol. The van der Waals surface area contributed by atoms with Gasteiger partial charge in [-0.15, -0.1) is 0 Å². The van der Waals surface area contributed by atoms with Crippen molar-refractivity contribution in [2.24, 2.45) is 0 Å². The smallest absolute Gasteiger partial charge is 0.320 e. The summed E-state index contributed by atoms with van der Waals surface area (Å²) in [5.74, 6) is -1.53. The Morgan fingerprint density at radius 3 is 1.97 bits per heavy atom. The van der Waals surface area contributed by atoms with Gasteiger partial charge in [-0.25, -0.2) is 0 Å². The highest BCUT2D eigenvalue weighted by molar-refractivity contribution is 5.81. The van der Waals surface area contributed by atoms with Gasteiger partial charge in [-0.3, -0.25) is 14.9 Å². The molecule has 1 aliphatic heterocycles. The van der Waals surface area contributed by atoms with Crippen LogP contribution in [-0.2, 0) is 19.1 Å². The quantitative estimate of drug-likeness (QED) is 0.126. The van der Waals surface area contributed by atoms with E-state index in [4.69, 9.17) is 9.47 Å². The first-order chi connectivity index (χ1) is 18.0. The van der Waals surface area contributed by atoms with E-state index >= 15 is 0 Å². The van der Waals surface area contributed by atoms with E-state index in [2.05, 4.69) is 17.6 Å². The first kappa shape index (κ1) is 34.7. The van der Waals surface area contributed by atoms with Gasteiger partial charge in [0, 0.05) is 18.7 Å². The van der Waals surface area contributed by atoms with Crippen molar-refractivity contribution in [2.45, 2.75) is 153 Å². The van der Waals surface area contributed by atoms with Crippen molar-refractivity contribution in [2.75, 3.05) is 13.2 Å². The van der Waals surface area contributed by atoms with Gasteiger partial charge in [0.1, 0.15) is 24.4 Å². The Kier molecular flexibility index (Phi) is 17.3. The van der Waals surface area contributed by atoms with Crippen LogP contribution >= 0.6 is 0 Å². The van der Waals surface area contributed by atoms with Crippen LogP contribution in [0.1, 0.15) is 111 Å². The normalized spacial score (nSPS) is 24.8. The van der Waals surface area contributed by atoms with Crippen LogP contribution in [-0.4, -0.2) is 87.7 Å². The van der Waals surface area contributed by atoms with Crippen LogP contribution in [0.5, 0.6) is 0 Å². The average molecular weight is 547 g/mol. The summed E-state index contributed by atoms with van der Waals surface area (Å²) in [4.78, 5) is 24.0. The molecule has 6 N–H and O–H groups in total. The van der Waals surface area contributed by atoms with Crippen molar-refractivity contribution in [1.82, 2.24) is 10.6 Å². The van der Waals surface area contributed by atoms with E-state index in [1.54, 1.807) is 0 Å². The van der Waals surface area contributed by atoms with Crippen LogP contribution in [0.4, 0.5) is 0 Å². The van der Waals surface area contributed by atoms with E-state index in [-0.39, 0.29) is 12.1 Å². The summed E-state index contributed by atoms with van der Waals surface area (Å²) >= 11 is 0. The Labute approximate surface area is 228 Å². The van der Waals surface area contributed by atoms with Crippen LogP contribution < -0.4 is 10.6 Å². The third kappa shape index (κ3) is 14.2. The van der Waals surface area contributed by atoms with Gasteiger partial charge in [0.15, 0.2) is 12.4 Å². The Balaban J connectivity index is 2.32. The number of aliphatic carboxylic acids is 1. The minimum Gasteiger partial charge on any atom is -0.480 e. The maximum atomic E-state index is 12.6. The molecular formula is C28H54N2O8. The number of carboxylic acid groups (broad SMARTS) is 1. The molecule has 2 unspecified atom stereocenters. The van der Waals surface area contributed by atoms with Crippen molar-refractivity contribution in [1.29, 1.82) is 0 Å². The fourth-order valence-corrected chi connectivity index (χ4v) is 4.56. The number of hydrogen-bond acceptors (Lipinski definition) is 8. The van der Waals surface area contributed by atoms with Crippen LogP contribution in [0.15, 0.2) is 0 Å². The average Bonchev–Trinajstić information content (AvgIpc) is 2.85. The van der Waals surface area contributed by atoms with Crippen LogP contribution in [0.25, 0.3) is 0 Å². The van der Waals surface area contributed by atoms with Gasteiger partial charge in [-0.2, -0.15) is 0 Å². The molecule has 0 saturated carbocycles. The summed E-state index contributed by atoms with van der Waals surface area (Å²) in [6.45, 7) is 8.50. The molecule has 6 atom stereocenters. The molecule has 0 aromatic rings. The highest BCUT2D eigenvalue weighted by atomic mass is 16.7. The molecule has 10 heteroatoms. The van der Waals surface area contributed by atoms with Gasteiger partial charge in [-0.05, 0) is 46.5 Å². The minimum atomic E-state index is -1.59. The number of carboxylic acids is 1. The number of ether oxygens (including phenoxy) is 2. The Bertz CT molecular complexity index is 657. The Morgan fingerprint density at radius 2 is 1.42 bits per heavy atom. The monoisotopic (exact) mass is 546 g/mol. The molecule has 224 valence electrons. The second-order valence-electron chi connectivity index (χ2n) is 11.5. The summed E-state index contributed by atoms with van der Waals surface area (Å²) in [5.41, 5.74) is -0.330. The largest absolute Gasteiger partial charge is 0.480 e. The van der Waals surface area contributed by atoms with E-state index in [0.29, 0.717) is 25.9 Å². The summed E-state index contributed by atoms with van der Waals surface area (Å²) in [5, 5.41) is 45.9. The number of amides is 1. The lowest BCUT2D eigenvalue weighted by Gasteiger charge is -2.39. The number of aliphatic hydroxyl groups is 3. The fourth-order valence-electron chi connectivity index (χ4n) is 4.56. The Hall–Kier alpha value is -1.30. The van der Waals surface area contributed by atoms with Gasteiger partial charge >= 0.3 is 5.97 Å². The third-order valence-corrected chi connectivity index (χ3v) is 6.73. The van der Waals surface area contributed by atoms with Crippen molar-refractivity contribution < 1.29 is 39.5 Å². The molecule has 1 fully saturated rings. The van der Waals surface area contributed by atoms with E-state index < -0.39 is 48.6 Å². The lowest BCUT2D eigenvalue weighted by molar-refractivity contribution is -0.290. The van der Waals surface area contributed by atoms with E-state index in [9.17, 15) is 30.0 Å². The second-order valence-corrected chi connectivity index (χ2v) is 11.5. The van der Waals surface area contributed by atoms with Crippen molar-refractivity contribution in [3.8, 4) is 0 Å². The zero-order valence-corrected chi connectivity index (χ0v) is 24.0. The van der Waals surface area contributed by atoms with Crippen LogP contribution in [0.2, 0.25) is 0 Å². The fraction of sp³-hybridized carbons (Fsp3) is 0.929.